The summed E-state index contributed by atoms with van der Waals surface area (Å²) in [6.45, 7) is 5.60. The number of carbonyl (C=O) groups excluding carboxylic acids is 1. The van der Waals surface area contributed by atoms with Crippen molar-refractivity contribution in [2.75, 3.05) is 40.4 Å². The number of rotatable bonds is 12. The van der Waals surface area contributed by atoms with Crippen LogP contribution in [-0.4, -0.2) is 73.7 Å². The van der Waals surface area contributed by atoms with Crippen molar-refractivity contribution in [2.24, 2.45) is 11.8 Å². The fourth-order valence-electron chi connectivity index (χ4n) is 4.78. The molecule has 7 nitrogen and oxygen atoms in total. The lowest BCUT2D eigenvalue weighted by Crippen LogP contribution is -2.57. The molecule has 0 aliphatic carbocycles. The topological polar surface area (TPSA) is 94.1 Å². The highest BCUT2D eigenvalue weighted by molar-refractivity contribution is 6.30. The Balaban J connectivity index is 2.23. The molecule has 0 saturated carbocycles. The van der Waals surface area contributed by atoms with Crippen molar-refractivity contribution in [1.82, 2.24) is 15.5 Å². The quantitative estimate of drug-likeness (QED) is 0.329. The summed E-state index contributed by atoms with van der Waals surface area (Å²) < 4.78 is 20.2. The fraction of sp³-hybridized carbons (Fsp3) is 0.720. The highest BCUT2D eigenvalue weighted by Crippen LogP contribution is 2.42. The average Bonchev–Trinajstić information content (AvgIpc) is 2.82. The van der Waals surface area contributed by atoms with Crippen molar-refractivity contribution in [3.05, 3.63) is 34.6 Å². The number of aliphatic hydroxyl groups excluding tert-OH is 1. The van der Waals surface area contributed by atoms with Gasteiger partial charge in [-0.1, -0.05) is 37.6 Å². The molecule has 4 atom stereocenters. The standard InChI is InChI=1S/C25H41ClFN3O4/c1-17(2)23(31)21(15-28-3)29-24(32)30-13-8-9-18(16-30)25(33,12-5-6-14-34-4)19-10-7-11-20(26)22(19)27/h7,10-11,17-18,21,23,28,31,33H,5-6,8-9,12-16H2,1-4H3,(H,29,32)/t18-,21-,23-,25+/m1/s1. The van der Waals surface area contributed by atoms with Crippen LogP contribution in [0.1, 0.15) is 51.5 Å². The summed E-state index contributed by atoms with van der Waals surface area (Å²) in [5, 5.41) is 28.3. The van der Waals surface area contributed by atoms with E-state index >= 15 is 4.39 Å². The van der Waals surface area contributed by atoms with E-state index in [2.05, 4.69) is 10.6 Å². The van der Waals surface area contributed by atoms with E-state index in [-0.39, 0.29) is 35.0 Å². The Morgan fingerprint density at radius 1 is 1.38 bits per heavy atom. The van der Waals surface area contributed by atoms with E-state index in [1.165, 1.54) is 6.07 Å². The lowest BCUT2D eigenvalue weighted by atomic mass is 9.74. The molecule has 1 aromatic carbocycles. The number of unbranched alkanes of at least 4 members (excludes halogenated alkanes) is 1. The van der Waals surface area contributed by atoms with Crippen LogP contribution in [0.2, 0.25) is 5.02 Å². The molecule has 1 heterocycles. The summed E-state index contributed by atoms with van der Waals surface area (Å²) in [7, 11) is 3.39. The summed E-state index contributed by atoms with van der Waals surface area (Å²) >= 11 is 6.05. The van der Waals surface area contributed by atoms with Gasteiger partial charge in [-0.25, -0.2) is 9.18 Å². The van der Waals surface area contributed by atoms with Crippen LogP contribution in [0.15, 0.2) is 18.2 Å². The van der Waals surface area contributed by atoms with E-state index in [1.54, 1.807) is 31.2 Å². The number of aliphatic hydroxyl groups is 2. The van der Waals surface area contributed by atoms with Gasteiger partial charge in [0.2, 0.25) is 0 Å². The van der Waals surface area contributed by atoms with Crippen LogP contribution in [0.5, 0.6) is 0 Å². The van der Waals surface area contributed by atoms with Gasteiger partial charge in [-0.2, -0.15) is 0 Å². The first-order valence-corrected chi connectivity index (χ1v) is 12.6. The number of hydrogen-bond acceptors (Lipinski definition) is 5. The van der Waals surface area contributed by atoms with Gasteiger partial charge in [-0.15, -0.1) is 0 Å². The molecule has 0 radical (unpaired) electrons. The molecular weight excluding hydrogens is 461 g/mol. The average molecular weight is 502 g/mol. The molecular formula is C25H41ClFN3O4. The third-order valence-electron chi connectivity index (χ3n) is 6.79. The minimum Gasteiger partial charge on any atom is -0.391 e. The number of benzene rings is 1. The number of piperidine rings is 1. The summed E-state index contributed by atoms with van der Waals surface area (Å²) in [5.41, 5.74) is -1.29. The molecule has 2 rings (SSSR count). The second-order valence-electron chi connectivity index (χ2n) is 9.61. The van der Waals surface area contributed by atoms with Crippen molar-refractivity contribution in [3.63, 3.8) is 0 Å². The number of ether oxygens (including phenoxy) is 1. The van der Waals surface area contributed by atoms with E-state index in [1.807, 2.05) is 13.8 Å². The summed E-state index contributed by atoms with van der Waals surface area (Å²) in [6, 6.07) is 3.95. The lowest BCUT2D eigenvalue weighted by Gasteiger charge is -2.43. The molecule has 1 aliphatic heterocycles. The molecule has 0 aromatic heterocycles. The zero-order chi connectivity index (χ0) is 25.3. The minimum absolute atomic E-state index is 0.0178. The van der Waals surface area contributed by atoms with Gasteiger partial charge in [0.05, 0.1) is 22.8 Å². The molecule has 4 N–H and O–H groups in total. The number of likely N-dealkylation sites (N-methyl/N-ethyl adjacent to an activating group) is 1. The molecule has 1 aromatic rings. The molecule has 34 heavy (non-hydrogen) atoms. The highest BCUT2D eigenvalue weighted by atomic mass is 35.5. The van der Waals surface area contributed by atoms with Crippen LogP contribution in [0.25, 0.3) is 0 Å². The Morgan fingerprint density at radius 2 is 2.12 bits per heavy atom. The predicted octanol–water partition coefficient (Wildman–Crippen LogP) is 3.51. The summed E-state index contributed by atoms with van der Waals surface area (Å²) in [6.07, 6.45) is 2.35. The number of methoxy groups -OCH3 is 1. The van der Waals surface area contributed by atoms with Crippen molar-refractivity contribution in [1.29, 1.82) is 0 Å². The van der Waals surface area contributed by atoms with Crippen LogP contribution in [-0.2, 0) is 10.3 Å². The smallest absolute Gasteiger partial charge is 0.317 e. The van der Waals surface area contributed by atoms with Crippen LogP contribution in [0.4, 0.5) is 9.18 Å². The predicted molar refractivity (Wildman–Crippen MR) is 132 cm³/mol. The fourth-order valence-corrected chi connectivity index (χ4v) is 4.96. The summed E-state index contributed by atoms with van der Waals surface area (Å²) in [4.78, 5) is 14.8. The van der Waals surface area contributed by atoms with Crippen molar-refractivity contribution >= 4 is 17.6 Å². The largest absolute Gasteiger partial charge is 0.391 e. The molecule has 1 aliphatic rings. The maximum absolute atomic E-state index is 15.1. The number of nitrogens with one attached hydrogen (secondary N) is 2. The minimum atomic E-state index is -1.47. The molecule has 0 spiro atoms. The van der Waals surface area contributed by atoms with Crippen molar-refractivity contribution < 1.29 is 24.1 Å². The van der Waals surface area contributed by atoms with Gasteiger partial charge in [0.1, 0.15) is 5.82 Å². The van der Waals surface area contributed by atoms with Gasteiger partial charge in [0.15, 0.2) is 0 Å². The SMILES string of the molecule is CNC[C@@H](NC(=O)N1CCC[C@@H]([C@@](O)(CCCCOC)c2cccc(Cl)c2F)C1)[C@H](O)C(C)C. The molecule has 9 heteroatoms. The molecule has 1 fully saturated rings. The number of urea groups is 1. The molecule has 0 unspecified atom stereocenters. The van der Waals surface area contributed by atoms with E-state index in [9.17, 15) is 15.0 Å². The third kappa shape index (κ3) is 7.28. The zero-order valence-corrected chi connectivity index (χ0v) is 21.6. The van der Waals surface area contributed by atoms with Crippen molar-refractivity contribution in [3.8, 4) is 0 Å². The van der Waals surface area contributed by atoms with Crippen molar-refractivity contribution in [2.45, 2.75) is 63.7 Å². The second-order valence-corrected chi connectivity index (χ2v) is 10.0. The molecule has 194 valence electrons. The van der Waals surface area contributed by atoms with Crippen LogP contribution in [0, 0.1) is 17.7 Å². The maximum Gasteiger partial charge on any atom is 0.317 e. The van der Waals surface area contributed by atoms with Crippen LogP contribution < -0.4 is 10.6 Å². The Bertz CT molecular complexity index is 785. The van der Waals surface area contributed by atoms with Gasteiger partial charge in [0.25, 0.3) is 0 Å². The van der Waals surface area contributed by atoms with Gasteiger partial charge < -0.3 is 30.5 Å². The van der Waals surface area contributed by atoms with Crippen LogP contribution >= 0.6 is 11.6 Å². The highest BCUT2D eigenvalue weighted by Gasteiger charge is 2.43. The lowest BCUT2D eigenvalue weighted by molar-refractivity contribution is -0.0589. The number of hydrogen-bond donors (Lipinski definition) is 4. The monoisotopic (exact) mass is 501 g/mol. The summed E-state index contributed by atoms with van der Waals surface area (Å²) in [5.74, 6) is -0.995. The first-order valence-electron chi connectivity index (χ1n) is 12.2. The van der Waals surface area contributed by atoms with E-state index < -0.39 is 23.6 Å². The van der Waals surface area contributed by atoms with E-state index in [4.69, 9.17) is 16.3 Å². The third-order valence-corrected chi connectivity index (χ3v) is 7.08. The number of nitrogens with zero attached hydrogens (tertiary/aromatic N) is 1. The van der Waals surface area contributed by atoms with Gasteiger partial charge in [-0.3, -0.25) is 0 Å². The maximum atomic E-state index is 15.1. The Kier molecular flexibility index (Phi) is 11.5. The first kappa shape index (κ1) is 28.8. The number of likely N-dealkylation sites (tertiary alicyclic amines) is 1. The number of halogens is 2. The Labute approximate surface area is 208 Å². The molecule has 2 amide bonds. The Morgan fingerprint density at radius 3 is 2.76 bits per heavy atom. The normalized spacial score (nSPS) is 20.1. The van der Waals surface area contributed by atoms with Crippen LogP contribution in [0.3, 0.4) is 0 Å². The van der Waals surface area contributed by atoms with Gasteiger partial charge in [0, 0.05) is 44.8 Å². The first-order chi connectivity index (χ1) is 16.2. The molecule has 1 saturated heterocycles. The number of carbonyl (C=O) groups is 1. The van der Waals surface area contributed by atoms with E-state index in [0.717, 1.165) is 6.42 Å². The van der Waals surface area contributed by atoms with Gasteiger partial charge >= 0.3 is 6.03 Å². The molecule has 0 bridgehead atoms. The second kappa shape index (κ2) is 13.6. The number of amides is 2. The Hall–Kier alpha value is -1.45. The zero-order valence-electron chi connectivity index (χ0n) is 20.8. The van der Waals surface area contributed by atoms with Gasteiger partial charge in [-0.05, 0) is 51.1 Å². The van der Waals surface area contributed by atoms with E-state index in [0.29, 0.717) is 45.4 Å².